The first-order chi connectivity index (χ1) is 11.2. The largest absolute Gasteiger partial charge is 0.277 e. The van der Waals surface area contributed by atoms with E-state index in [-0.39, 0.29) is 5.69 Å². The molecule has 2 aromatic carbocycles. The number of hydrogen-bond acceptors (Lipinski definition) is 5. The first kappa shape index (κ1) is 14.5. The zero-order valence-electron chi connectivity index (χ0n) is 12.1. The average Bonchev–Trinajstić information content (AvgIpc) is 2.62. The van der Waals surface area contributed by atoms with E-state index in [4.69, 9.17) is 0 Å². The van der Waals surface area contributed by atoms with Crippen molar-refractivity contribution in [1.82, 2.24) is 15.0 Å². The molecule has 1 aromatic heterocycles. The smallest absolute Gasteiger partial charge is 0.258 e. The maximum absolute atomic E-state index is 11.1. The molecule has 0 bridgehead atoms. The summed E-state index contributed by atoms with van der Waals surface area (Å²) < 4.78 is 0. The highest BCUT2D eigenvalue weighted by atomic mass is 16.6. The summed E-state index contributed by atoms with van der Waals surface area (Å²) in [6, 6.07) is 14.0. The second-order valence-corrected chi connectivity index (χ2v) is 4.79. The molecule has 0 aliphatic carbocycles. The molecule has 0 N–H and O–H groups in total. The number of hydrogen-bond donors (Lipinski definition) is 0. The van der Waals surface area contributed by atoms with E-state index in [1.807, 2.05) is 24.3 Å². The van der Waals surface area contributed by atoms with E-state index in [9.17, 15) is 10.1 Å². The molecule has 1 heterocycles. The third kappa shape index (κ3) is 2.96. The van der Waals surface area contributed by atoms with E-state index in [0.29, 0.717) is 17.0 Å². The fourth-order valence-electron chi connectivity index (χ4n) is 2.25. The van der Waals surface area contributed by atoms with E-state index in [1.165, 1.54) is 18.7 Å². The molecule has 23 heavy (non-hydrogen) atoms. The highest BCUT2D eigenvalue weighted by Crippen LogP contribution is 2.30. The third-order valence-corrected chi connectivity index (χ3v) is 3.41. The minimum absolute atomic E-state index is 0.0408. The van der Waals surface area contributed by atoms with E-state index in [2.05, 4.69) is 21.5 Å². The molecule has 6 nitrogen and oxygen atoms in total. The van der Waals surface area contributed by atoms with Crippen molar-refractivity contribution in [3.05, 3.63) is 89.0 Å². The van der Waals surface area contributed by atoms with Gasteiger partial charge in [-0.1, -0.05) is 43.0 Å². The van der Waals surface area contributed by atoms with Crippen LogP contribution >= 0.6 is 0 Å². The predicted octanol–water partition coefficient (Wildman–Crippen LogP) is 3.51. The summed E-state index contributed by atoms with van der Waals surface area (Å²) in [6.45, 7) is 3.99. The van der Waals surface area contributed by atoms with Gasteiger partial charge in [0.15, 0.2) is 5.82 Å². The minimum Gasteiger partial charge on any atom is -0.258 e. The Morgan fingerprint density at radius 3 is 2.30 bits per heavy atom. The predicted molar refractivity (Wildman–Crippen MR) is 86.5 cm³/mol. The molecular formula is C17H12N4O2. The van der Waals surface area contributed by atoms with Gasteiger partial charge in [0.05, 0.1) is 10.5 Å². The van der Waals surface area contributed by atoms with Gasteiger partial charge in [-0.25, -0.2) is 15.0 Å². The van der Waals surface area contributed by atoms with Crippen LogP contribution in [0, 0.1) is 10.1 Å². The standard InChI is InChI=1S/C17H12N4O2/c1-12(15-4-2-3-5-16(15)21(22)23)13-6-8-14(9-7-13)17-19-10-18-11-20-17/h2-11H,1H2. The van der Waals surface area contributed by atoms with Gasteiger partial charge in [-0.15, -0.1) is 0 Å². The van der Waals surface area contributed by atoms with Crippen LogP contribution in [0.5, 0.6) is 0 Å². The van der Waals surface area contributed by atoms with Crippen LogP contribution < -0.4 is 0 Å². The van der Waals surface area contributed by atoms with Gasteiger partial charge in [0.2, 0.25) is 0 Å². The number of rotatable bonds is 4. The lowest BCUT2D eigenvalue weighted by molar-refractivity contribution is -0.385. The molecule has 3 rings (SSSR count). The monoisotopic (exact) mass is 304 g/mol. The topological polar surface area (TPSA) is 81.8 Å². The lowest BCUT2D eigenvalue weighted by atomic mass is 9.97. The molecule has 6 heteroatoms. The first-order valence-corrected chi connectivity index (χ1v) is 6.82. The molecule has 0 aliphatic heterocycles. The third-order valence-electron chi connectivity index (χ3n) is 3.41. The van der Waals surface area contributed by atoms with Gasteiger partial charge >= 0.3 is 0 Å². The highest BCUT2D eigenvalue weighted by molar-refractivity contribution is 5.83. The van der Waals surface area contributed by atoms with Crippen molar-refractivity contribution in [3.63, 3.8) is 0 Å². The summed E-state index contributed by atoms with van der Waals surface area (Å²) >= 11 is 0. The summed E-state index contributed by atoms with van der Waals surface area (Å²) in [5.74, 6) is 0.572. The Balaban J connectivity index is 1.94. The number of nitro benzene ring substituents is 1. The van der Waals surface area contributed by atoms with E-state index >= 15 is 0 Å². The molecule has 3 aromatic rings. The molecule has 0 saturated carbocycles. The zero-order valence-corrected chi connectivity index (χ0v) is 12.1. The number of nitrogens with zero attached hydrogens (tertiary/aromatic N) is 4. The van der Waals surface area contributed by atoms with Gasteiger partial charge < -0.3 is 0 Å². The van der Waals surface area contributed by atoms with Crippen LogP contribution in [0.4, 0.5) is 5.69 Å². The molecule has 112 valence electrons. The fourth-order valence-corrected chi connectivity index (χ4v) is 2.25. The van der Waals surface area contributed by atoms with Crippen molar-refractivity contribution in [2.75, 3.05) is 0 Å². The number of benzene rings is 2. The van der Waals surface area contributed by atoms with Crippen LogP contribution in [-0.2, 0) is 0 Å². The van der Waals surface area contributed by atoms with Crippen LogP contribution in [0.15, 0.2) is 67.8 Å². The summed E-state index contributed by atoms with van der Waals surface area (Å²) in [6.07, 6.45) is 2.87. The SMILES string of the molecule is C=C(c1ccc(-c2ncncn2)cc1)c1ccccc1[N+](=O)[O-]. The Morgan fingerprint density at radius 2 is 1.65 bits per heavy atom. The Bertz CT molecular complexity index is 861. The second-order valence-electron chi connectivity index (χ2n) is 4.79. The molecule has 0 amide bonds. The summed E-state index contributed by atoms with van der Waals surface area (Å²) in [5, 5.41) is 11.1. The summed E-state index contributed by atoms with van der Waals surface area (Å²) in [7, 11) is 0. The van der Waals surface area contributed by atoms with Crippen molar-refractivity contribution in [3.8, 4) is 11.4 Å². The maximum Gasteiger partial charge on any atom is 0.277 e. The lowest BCUT2D eigenvalue weighted by Gasteiger charge is -2.08. The molecule has 0 aliphatic rings. The van der Waals surface area contributed by atoms with Gasteiger partial charge in [0.25, 0.3) is 5.69 Å². The minimum atomic E-state index is -0.403. The van der Waals surface area contributed by atoms with Crippen molar-refractivity contribution in [2.45, 2.75) is 0 Å². The summed E-state index contributed by atoms with van der Waals surface area (Å²) in [5.41, 5.74) is 2.78. The molecule has 0 unspecified atom stereocenters. The van der Waals surface area contributed by atoms with E-state index in [1.54, 1.807) is 18.2 Å². The van der Waals surface area contributed by atoms with Crippen molar-refractivity contribution >= 4 is 11.3 Å². The number of nitro groups is 1. The van der Waals surface area contributed by atoms with Crippen LogP contribution in [0.25, 0.3) is 17.0 Å². The van der Waals surface area contributed by atoms with Crippen LogP contribution in [0.1, 0.15) is 11.1 Å². The Kier molecular flexibility index (Phi) is 3.88. The quantitative estimate of drug-likeness (QED) is 0.544. The van der Waals surface area contributed by atoms with Gasteiger partial charge in [-0.3, -0.25) is 10.1 Å². The Hall–Kier alpha value is -3.41. The van der Waals surface area contributed by atoms with E-state index in [0.717, 1.165) is 11.1 Å². The molecule has 0 atom stereocenters. The Labute approximate surface area is 132 Å². The Morgan fingerprint density at radius 1 is 1.00 bits per heavy atom. The molecule has 0 radical (unpaired) electrons. The van der Waals surface area contributed by atoms with Gasteiger partial charge in [0, 0.05) is 11.6 Å². The normalized spacial score (nSPS) is 10.3. The average molecular weight is 304 g/mol. The highest BCUT2D eigenvalue weighted by Gasteiger charge is 2.16. The van der Waals surface area contributed by atoms with Crippen LogP contribution in [0.2, 0.25) is 0 Å². The molecular weight excluding hydrogens is 292 g/mol. The zero-order chi connectivity index (χ0) is 16.2. The number of para-hydroxylation sites is 1. The van der Waals surface area contributed by atoms with Crippen LogP contribution in [0.3, 0.4) is 0 Å². The van der Waals surface area contributed by atoms with E-state index < -0.39 is 4.92 Å². The first-order valence-electron chi connectivity index (χ1n) is 6.82. The van der Waals surface area contributed by atoms with Crippen molar-refractivity contribution < 1.29 is 4.92 Å². The number of aromatic nitrogens is 3. The summed E-state index contributed by atoms with van der Waals surface area (Å²) in [4.78, 5) is 22.7. The maximum atomic E-state index is 11.1. The van der Waals surface area contributed by atoms with Crippen molar-refractivity contribution in [2.24, 2.45) is 0 Å². The molecule has 0 spiro atoms. The second kappa shape index (κ2) is 6.15. The van der Waals surface area contributed by atoms with Gasteiger partial charge in [0.1, 0.15) is 12.7 Å². The molecule has 0 saturated heterocycles. The van der Waals surface area contributed by atoms with Gasteiger partial charge in [-0.2, -0.15) is 0 Å². The lowest BCUT2D eigenvalue weighted by Crippen LogP contribution is -1.95. The van der Waals surface area contributed by atoms with Crippen molar-refractivity contribution in [1.29, 1.82) is 0 Å². The van der Waals surface area contributed by atoms with Gasteiger partial charge in [-0.05, 0) is 17.2 Å². The molecule has 0 fully saturated rings. The van der Waals surface area contributed by atoms with Crippen LogP contribution in [-0.4, -0.2) is 19.9 Å². The fraction of sp³-hybridized carbons (Fsp3) is 0.